The zero-order valence-electron chi connectivity index (χ0n) is 11.9. The lowest BCUT2D eigenvalue weighted by Crippen LogP contribution is -2.46. The number of hydrogen-bond donors (Lipinski definition) is 2. The van der Waals surface area contributed by atoms with Gasteiger partial charge in [-0.1, -0.05) is 53.2 Å². The Morgan fingerprint density at radius 2 is 2.08 bits per heavy atom. The SMILES string of the molecule is NC(=O)C[C@H](C(=O)O)N1C(=O)/C(=C\c2ccc(Cl)cc2Cl)SC1=S. The minimum Gasteiger partial charge on any atom is -0.480 e. The van der Waals surface area contributed by atoms with Gasteiger partial charge in [-0.3, -0.25) is 14.5 Å². The van der Waals surface area contributed by atoms with Crippen molar-refractivity contribution in [1.29, 1.82) is 0 Å². The van der Waals surface area contributed by atoms with E-state index >= 15 is 0 Å². The van der Waals surface area contributed by atoms with Crippen molar-refractivity contribution in [3.63, 3.8) is 0 Å². The monoisotopic (exact) mass is 404 g/mol. The third kappa shape index (κ3) is 4.07. The Morgan fingerprint density at radius 1 is 1.42 bits per heavy atom. The van der Waals surface area contributed by atoms with Crippen LogP contribution in [0.25, 0.3) is 6.08 Å². The number of primary amides is 1. The molecule has 1 heterocycles. The van der Waals surface area contributed by atoms with E-state index in [0.29, 0.717) is 15.6 Å². The van der Waals surface area contributed by atoms with Crippen LogP contribution in [0.3, 0.4) is 0 Å². The first-order chi connectivity index (χ1) is 11.2. The molecule has 0 aromatic heterocycles. The number of carbonyl (C=O) groups is 3. The number of aliphatic carboxylic acids is 1. The van der Waals surface area contributed by atoms with Gasteiger partial charge in [0, 0.05) is 10.0 Å². The van der Waals surface area contributed by atoms with E-state index in [2.05, 4.69) is 0 Å². The predicted octanol–water partition coefficient (Wildman–Crippen LogP) is 2.52. The summed E-state index contributed by atoms with van der Waals surface area (Å²) in [5.74, 6) is -2.83. The molecule has 126 valence electrons. The number of nitrogens with two attached hydrogens (primary N) is 1. The maximum Gasteiger partial charge on any atom is 0.327 e. The molecule has 0 saturated carbocycles. The number of benzene rings is 1. The molecule has 3 N–H and O–H groups in total. The van der Waals surface area contributed by atoms with E-state index in [9.17, 15) is 19.5 Å². The highest BCUT2D eigenvalue weighted by atomic mass is 35.5. The molecule has 6 nitrogen and oxygen atoms in total. The van der Waals surface area contributed by atoms with Crippen molar-refractivity contribution in [2.24, 2.45) is 5.73 Å². The van der Waals surface area contributed by atoms with Crippen molar-refractivity contribution in [3.8, 4) is 0 Å². The van der Waals surface area contributed by atoms with Crippen LogP contribution in [0.1, 0.15) is 12.0 Å². The lowest BCUT2D eigenvalue weighted by Gasteiger charge is -2.21. The van der Waals surface area contributed by atoms with Gasteiger partial charge in [0.15, 0.2) is 0 Å². The van der Waals surface area contributed by atoms with Gasteiger partial charge in [-0.15, -0.1) is 0 Å². The van der Waals surface area contributed by atoms with Crippen molar-refractivity contribution in [2.45, 2.75) is 12.5 Å². The number of thiocarbonyl (C=S) groups is 1. The number of hydrogen-bond acceptors (Lipinski definition) is 5. The van der Waals surface area contributed by atoms with Crippen LogP contribution in [0.4, 0.5) is 0 Å². The highest BCUT2D eigenvalue weighted by molar-refractivity contribution is 8.26. The van der Waals surface area contributed by atoms with Crippen LogP contribution in [0, 0.1) is 0 Å². The van der Waals surface area contributed by atoms with Crippen LogP contribution >= 0.6 is 47.2 Å². The smallest absolute Gasteiger partial charge is 0.327 e. The first kappa shape index (κ1) is 18.7. The summed E-state index contributed by atoms with van der Waals surface area (Å²) in [6.45, 7) is 0. The minimum atomic E-state index is -1.44. The molecule has 0 aliphatic carbocycles. The number of amides is 2. The molecule has 0 spiro atoms. The second-order valence-electron chi connectivity index (χ2n) is 4.74. The van der Waals surface area contributed by atoms with E-state index in [1.165, 1.54) is 12.1 Å². The van der Waals surface area contributed by atoms with Gasteiger partial charge in [-0.2, -0.15) is 0 Å². The predicted molar refractivity (Wildman–Crippen MR) is 96.7 cm³/mol. The van der Waals surface area contributed by atoms with Gasteiger partial charge in [0.25, 0.3) is 5.91 Å². The topological polar surface area (TPSA) is 101 Å². The lowest BCUT2D eigenvalue weighted by atomic mass is 10.1. The van der Waals surface area contributed by atoms with E-state index in [1.54, 1.807) is 12.1 Å². The summed E-state index contributed by atoms with van der Waals surface area (Å²) in [4.78, 5) is 36.0. The zero-order valence-corrected chi connectivity index (χ0v) is 15.0. The second kappa shape index (κ2) is 7.52. The fraction of sp³-hybridized carbons (Fsp3) is 0.143. The highest BCUT2D eigenvalue weighted by Gasteiger charge is 2.41. The molecule has 1 saturated heterocycles. The van der Waals surface area contributed by atoms with E-state index in [0.717, 1.165) is 16.7 Å². The number of carboxylic acids is 1. The molecule has 0 radical (unpaired) electrons. The summed E-state index contributed by atoms with van der Waals surface area (Å²) in [5, 5.41) is 10.0. The summed E-state index contributed by atoms with van der Waals surface area (Å²) in [7, 11) is 0. The van der Waals surface area contributed by atoms with Crippen LogP contribution in [0.5, 0.6) is 0 Å². The van der Waals surface area contributed by atoms with E-state index in [4.69, 9.17) is 41.2 Å². The quantitative estimate of drug-likeness (QED) is 0.577. The minimum absolute atomic E-state index is 0.0324. The maximum atomic E-state index is 12.5. The Bertz CT molecular complexity index is 782. The normalized spacial score (nSPS) is 17.4. The molecular weight excluding hydrogens is 395 g/mol. The number of nitrogens with zero attached hydrogens (tertiary/aromatic N) is 1. The fourth-order valence-electron chi connectivity index (χ4n) is 1.99. The lowest BCUT2D eigenvalue weighted by molar-refractivity contribution is -0.146. The molecule has 1 aromatic carbocycles. The van der Waals surface area contributed by atoms with Gasteiger partial charge in [0.1, 0.15) is 10.4 Å². The summed E-state index contributed by atoms with van der Waals surface area (Å²) in [5.41, 5.74) is 5.58. The van der Waals surface area contributed by atoms with Crippen LogP contribution in [0.2, 0.25) is 10.0 Å². The summed E-state index contributed by atoms with van der Waals surface area (Å²) in [6.07, 6.45) is 0.956. The average Bonchev–Trinajstić information content (AvgIpc) is 2.74. The third-order valence-electron chi connectivity index (χ3n) is 3.06. The Hall–Kier alpha value is -1.61. The van der Waals surface area contributed by atoms with Gasteiger partial charge in [-0.05, 0) is 23.8 Å². The van der Waals surface area contributed by atoms with Crippen molar-refractivity contribution >= 4 is 75.4 Å². The number of thioether (sulfide) groups is 1. The number of halogens is 2. The molecule has 1 aliphatic heterocycles. The number of carbonyl (C=O) groups excluding carboxylic acids is 2. The van der Waals surface area contributed by atoms with Crippen LogP contribution in [-0.2, 0) is 14.4 Å². The Morgan fingerprint density at radius 3 is 2.62 bits per heavy atom. The number of carboxylic acid groups (broad SMARTS) is 1. The van der Waals surface area contributed by atoms with Crippen LogP contribution in [-0.4, -0.2) is 38.2 Å². The largest absolute Gasteiger partial charge is 0.480 e. The molecule has 24 heavy (non-hydrogen) atoms. The van der Waals surface area contributed by atoms with Crippen LogP contribution in [0.15, 0.2) is 23.1 Å². The first-order valence-corrected chi connectivity index (χ1v) is 8.42. The van der Waals surface area contributed by atoms with Gasteiger partial charge in [-0.25, -0.2) is 4.79 Å². The molecule has 1 aliphatic rings. The van der Waals surface area contributed by atoms with Gasteiger partial charge in [0.05, 0.1) is 11.3 Å². The third-order valence-corrected chi connectivity index (χ3v) is 4.96. The Labute approximate surface area is 156 Å². The first-order valence-electron chi connectivity index (χ1n) is 6.44. The Balaban J connectivity index is 2.35. The standard InChI is InChI=1S/C14H10Cl2N2O4S2/c15-7-2-1-6(8(16)4-7)3-10-12(20)18(14(23)24-10)9(13(21)22)5-11(17)19/h1-4,9H,5H2,(H2,17,19)(H,21,22)/b10-3+/t9-/m1/s1. The van der Waals surface area contributed by atoms with Gasteiger partial charge >= 0.3 is 5.97 Å². The maximum absolute atomic E-state index is 12.5. The van der Waals surface area contributed by atoms with E-state index in [1.807, 2.05) is 0 Å². The molecular formula is C14H10Cl2N2O4S2. The molecule has 0 bridgehead atoms. The fourth-order valence-corrected chi connectivity index (χ4v) is 3.80. The van der Waals surface area contributed by atoms with Crippen molar-refractivity contribution in [1.82, 2.24) is 4.90 Å². The summed E-state index contributed by atoms with van der Waals surface area (Å²) < 4.78 is 0.0324. The van der Waals surface area contributed by atoms with Gasteiger partial charge in [0.2, 0.25) is 5.91 Å². The zero-order chi connectivity index (χ0) is 18.0. The molecule has 2 rings (SSSR count). The van der Waals surface area contributed by atoms with Gasteiger partial charge < -0.3 is 10.8 Å². The summed E-state index contributed by atoms with van der Waals surface area (Å²) >= 11 is 17.9. The number of rotatable bonds is 5. The van der Waals surface area contributed by atoms with Crippen LogP contribution < -0.4 is 5.73 Å². The molecule has 10 heteroatoms. The highest BCUT2D eigenvalue weighted by Crippen LogP contribution is 2.36. The van der Waals surface area contributed by atoms with E-state index < -0.39 is 30.2 Å². The van der Waals surface area contributed by atoms with Crippen molar-refractivity contribution in [2.75, 3.05) is 0 Å². The molecule has 2 amide bonds. The van der Waals surface area contributed by atoms with Crippen molar-refractivity contribution in [3.05, 3.63) is 38.7 Å². The molecule has 0 unspecified atom stereocenters. The average molecular weight is 405 g/mol. The van der Waals surface area contributed by atoms with Crippen molar-refractivity contribution < 1.29 is 19.5 Å². The molecule has 1 aromatic rings. The Kier molecular flexibility index (Phi) is 5.87. The van der Waals surface area contributed by atoms with E-state index in [-0.39, 0.29) is 9.23 Å². The second-order valence-corrected chi connectivity index (χ2v) is 7.26. The summed E-state index contributed by atoms with van der Waals surface area (Å²) in [6, 6.07) is 3.30. The molecule has 1 fully saturated rings. The molecule has 1 atom stereocenters.